The van der Waals surface area contributed by atoms with Gasteiger partial charge in [-0.25, -0.2) is 0 Å². The lowest BCUT2D eigenvalue weighted by Crippen LogP contribution is -2.15. The van der Waals surface area contributed by atoms with Gasteiger partial charge in [-0.2, -0.15) is 13.2 Å². The van der Waals surface area contributed by atoms with E-state index in [1.807, 2.05) is 0 Å². The van der Waals surface area contributed by atoms with Crippen LogP contribution >= 0.6 is 0 Å². The number of nitrogens with zero attached hydrogens (tertiary/aromatic N) is 1. The number of anilines is 1. The van der Waals surface area contributed by atoms with Gasteiger partial charge in [0.15, 0.2) is 0 Å². The fourth-order valence-corrected chi connectivity index (χ4v) is 2.18. The molecule has 0 unspecified atom stereocenters. The highest BCUT2D eigenvalue weighted by atomic mass is 19.4. The van der Waals surface area contributed by atoms with Gasteiger partial charge >= 0.3 is 6.18 Å². The van der Waals surface area contributed by atoms with Gasteiger partial charge in [-0.1, -0.05) is 0 Å². The van der Waals surface area contributed by atoms with Crippen LogP contribution in [-0.4, -0.2) is 25.1 Å². The first-order chi connectivity index (χ1) is 12.2. The number of ether oxygens (including phenoxy) is 2. The van der Waals surface area contributed by atoms with E-state index in [0.29, 0.717) is 17.9 Å². The third-order valence-corrected chi connectivity index (χ3v) is 3.41. The van der Waals surface area contributed by atoms with Gasteiger partial charge in [-0.05, 0) is 24.3 Å². The van der Waals surface area contributed by atoms with Crippen LogP contribution < -0.4 is 14.8 Å². The highest BCUT2D eigenvalue weighted by molar-refractivity contribution is 6.06. The molecule has 26 heavy (non-hydrogen) atoms. The summed E-state index contributed by atoms with van der Waals surface area (Å²) >= 11 is 0. The molecule has 138 valence electrons. The molecule has 0 saturated carbocycles. The number of carbonyl (C=O) groups is 1. The van der Waals surface area contributed by atoms with Crippen molar-refractivity contribution in [3.63, 3.8) is 0 Å². The number of halogens is 3. The number of hydrogen-bond donors (Lipinski definition) is 1. The Morgan fingerprint density at radius 2 is 1.81 bits per heavy atom. The van der Waals surface area contributed by atoms with E-state index in [0.717, 1.165) is 6.07 Å². The predicted octanol–water partition coefficient (Wildman–Crippen LogP) is 3.88. The summed E-state index contributed by atoms with van der Waals surface area (Å²) < 4.78 is 49.1. The molecule has 0 aliphatic rings. The number of benzene rings is 2. The summed E-state index contributed by atoms with van der Waals surface area (Å²) in [6.07, 6.45) is -4.94. The molecule has 0 spiro atoms. The number of nitrogens with one attached hydrogen (secondary N) is 1. The van der Waals surface area contributed by atoms with Crippen molar-refractivity contribution in [3.8, 4) is 11.5 Å². The molecule has 2 aromatic rings. The van der Waals surface area contributed by atoms with Crippen molar-refractivity contribution in [3.05, 3.63) is 57.6 Å². The highest BCUT2D eigenvalue weighted by Crippen LogP contribution is 2.37. The van der Waals surface area contributed by atoms with E-state index < -0.39 is 28.3 Å². The standard InChI is InChI=1S/C16H13F3N2O5/c1-25-10-4-5-11(14(8-10)26-2)15(22)20-9-3-6-13(21(23)24)12(7-9)16(17,18)19/h3-8H,1-2H3,(H,20,22). The van der Waals surface area contributed by atoms with Crippen LogP contribution in [0.15, 0.2) is 36.4 Å². The summed E-state index contributed by atoms with van der Waals surface area (Å²) in [7, 11) is 2.74. The summed E-state index contributed by atoms with van der Waals surface area (Å²) in [5.41, 5.74) is -2.74. The average Bonchev–Trinajstić information content (AvgIpc) is 2.60. The van der Waals surface area contributed by atoms with Crippen molar-refractivity contribution in [2.45, 2.75) is 6.18 Å². The summed E-state index contributed by atoms with van der Waals surface area (Å²) in [5, 5.41) is 13.0. The second kappa shape index (κ2) is 7.30. The number of rotatable bonds is 5. The summed E-state index contributed by atoms with van der Waals surface area (Å²) in [4.78, 5) is 21.9. The smallest absolute Gasteiger partial charge is 0.423 e. The molecule has 1 amide bonds. The topological polar surface area (TPSA) is 90.7 Å². The zero-order chi connectivity index (χ0) is 19.5. The van der Waals surface area contributed by atoms with Gasteiger partial charge in [-0.3, -0.25) is 14.9 Å². The number of nitro benzene ring substituents is 1. The molecule has 0 aliphatic heterocycles. The summed E-state index contributed by atoms with van der Waals surface area (Å²) in [6, 6.07) is 6.50. The van der Waals surface area contributed by atoms with E-state index in [9.17, 15) is 28.1 Å². The fraction of sp³-hybridized carbons (Fsp3) is 0.188. The van der Waals surface area contributed by atoms with Crippen molar-refractivity contribution in [2.75, 3.05) is 19.5 Å². The molecule has 2 aromatic carbocycles. The lowest BCUT2D eigenvalue weighted by atomic mass is 10.1. The molecule has 0 aromatic heterocycles. The lowest BCUT2D eigenvalue weighted by Gasteiger charge is -2.12. The van der Waals surface area contributed by atoms with E-state index in [1.165, 1.54) is 32.4 Å². The van der Waals surface area contributed by atoms with Gasteiger partial charge in [-0.15, -0.1) is 0 Å². The molecule has 7 nitrogen and oxygen atoms in total. The Bertz CT molecular complexity index is 852. The van der Waals surface area contributed by atoms with Crippen LogP contribution in [0.25, 0.3) is 0 Å². The maximum Gasteiger partial charge on any atom is 0.423 e. The van der Waals surface area contributed by atoms with Crippen LogP contribution in [0.1, 0.15) is 15.9 Å². The molecular weight excluding hydrogens is 357 g/mol. The number of amides is 1. The molecule has 0 bridgehead atoms. The first kappa shape index (κ1) is 19.0. The highest BCUT2D eigenvalue weighted by Gasteiger charge is 2.38. The molecule has 0 atom stereocenters. The summed E-state index contributed by atoms with van der Waals surface area (Å²) in [5.74, 6) is -0.167. The number of alkyl halides is 3. The van der Waals surface area contributed by atoms with Crippen LogP contribution in [0.4, 0.5) is 24.5 Å². The first-order valence-electron chi connectivity index (χ1n) is 7.06. The SMILES string of the molecule is COc1ccc(C(=O)Nc2ccc([N+](=O)[O-])c(C(F)(F)F)c2)c(OC)c1. The molecular formula is C16H13F3N2O5. The molecule has 1 N–H and O–H groups in total. The molecule has 0 saturated heterocycles. The Morgan fingerprint density at radius 1 is 1.12 bits per heavy atom. The zero-order valence-corrected chi connectivity index (χ0v) is 13.6. The number of hydrogen-bond acceptors (Lipinski definition) is 5. The minimum Gasteiger partial charge on any atom is -0.497 e. The van der Waals surface area contributed by atoms with Gasteiger partial charge in [0.1, 0.15) is 17.1 Å². The second-order valence-electron chi connectivity index (χ2n) is 5.01. The Hall–Kier alpha value is -3.30. The van der Waals surface area contributed by atoms with Crippen molar-refractivity contribution in [1.29, 1.82) is 0 Å². The molecule has 10 heteroatoms. The number of methoxy groups -OCH3 is 2. The Morgan fingerprint density at radius 3 is 2.35 bits per heavy atom. The van der Waals surface area contributed by atoms with Crippen LogP contribution in [0.3, 0.4) is 0 Å². The maximum atomic E-state index is 13.0. The third-order valence-electron chi connectivity index (χ3n) is 3.41. The van der Waals surface area contributed by atoms with Crippen molar-refractivity contribution < 1.29 is 32.4 Å². The van der Waals surface area contributed by atoms with Gasteiger partial charge in [0.05, 0.1) is 24.7 Å². The Kier molecular flexibility index (Phi) is 5.34. The third kappa shape index (κ3) is 4.02. The van der Waals surface area contributed by atoms with Crippen LogP contribution in [0.2, 0.25) is 0 Å². The average molecular weight is 370 g/mol. The van der Waals surface area contributed by atoms with E-state index in [4.69, 9.17) is 9.47 Å². The molecule has 0 heterocycles. The van der Waals surface area contributed by atoms with Gasteiger partial charge < -0.3 is 14.8 Å². The zero-order valence-electron chi connectivity index (χ0n) is 13.6. The maximum absolute atomic E-state index is 13.0. The largest absolute Gasteiger partial charge is 0.497 e. The monoisotopic (exact) mass is 370 g/mol. The Labute approximate surface area is 145 Å². The van der Waals surface area contributed by atoms with E-state index >= 15 is 0 Å². The van der Waals surface area contributed by atoms with Crippen molar-refractivity contribution in [1.82, 2.24) is 0 Å². The fourth-order valence-electron chi connectivity index (χ4n) is 2.18. The lowest BCUT2D eigenvalue weighted by molar-refractivity contribution is -0.388. The normalized spacial score (nSPS) is 11.0. The minimum absolute atomic E-state index is 0.0558. The van der Waals surface area contributed by atoms with Gasteiger partial charge in [0.25, 0.3) is 11.6 Å². The first-order valence-corrected chi connectivity index (χ1v) is 7.06. The number of carbonyl (C=O) groups excluding carboxylic acids is 1. The van der Waals surface area contributed by atoms with E-state index in [-0.39, 0.29) is 17.0 Å². The molecule has 0 fully saturated rings. The molecule has 0 aliphatic carbocycles. The van der Waals surface area contributed by atoms with Crippen molar-refractivity contribution >= 4 is 17.3 Å². The predicted molar refractivity (Wildman–Crippen MR) is 85.6 cm³/mol. The van der Waals surface area contributed by atoms with Crippen LogP contribution in [0.5, 0.6) is 11.5 Å². The second-order valence-corrected chi connectivity index (χ2v) is 5.01. The van der Waals surface area contributed by atoms with Gasteiger partial charge in [0, 0.05) is 17.8 Å². The van der Waals surface area contributed by atoms with Crippen LogP contribution in [0, 0.1) is 10.1 Å². The van der Waals surface area contributed by atoms with Gasteiger partial charge in [0.2, 0.25) is 0 Å². The number of nitro groups is 1. The van der Waals surface area contributed by atoms with Crippen LogP contribution in [-0.2, 0) is 6.18 Å². The van der Waals surface area contributed by atoms with E-state index in [2.05, 4.69) is 5.32 Å². The molecule has 2 rings (SSSR count). The minimum atomic E-state index is -4.94. The quantitative estimate of drug-likeness (QED) is 0.637. The van der Waals surface area contributed by atoms with E-state index in [1.54, 1.807) is 0 Å². The Balaban J connectivity index is 2.37. The van der Waals surface area contributed by atoms with Crippen molar-refractivity contribution in [2.24, 2.45) is 0 Å². The summed E-state index contributed by atoms with van der Waals surface area (Å²) in [6.45, 7) is 0. The molecule has 0 radical (unpaired) electrons.